The number of carbonyl (C=O) groups is 1. The van der Waals surface area contributed by atoms with Crippen LogP contribution in [0.5, 0.6) is 0 Å². The molecule has 116 valence electrons. The Morgan fingerprint density at radius 3 is 2.81 bits per heavy atom. The molecule has 2 rings (SSSR count). The van der Waals surface area contributed by atoms with E-state index in [-0.39, 0.29) is 6.54 Å². The Hall–Kier alpha value is -0.830. The first kappa shape index (κ1) is 16.5. The summed E-state index contributed by atoms with van der Waals surface area (Å²) < 4.78 is 28.8. The van der Waals surface area contributed by atoms with Gasteiger partial charge in [0, 0.05) is 17.6 Å². The van der Waals surface area contributed by atoms with Crippen molar-refractivity contribution in [2.24, 2.45) is 5.92 Å². The molecule has 1 atom stereocenters. The van der Waals surface area contributed by atoms with Crippen LogP contribution in [0.25, 0.3) is 0 Å². The number of nitrogens with one attached hydrogen (secondary N) is 1. The molecule has 1 aliphatic heterocycles. The lowest BCUT2D eigenvalue weighted by atomic mass is 10.0. The standard InChI is InChI=1S/C12H14BrClN2O4S/c13-10-4-3-9(6-11(10)14)15-21(19,20)16-5-1-2-8(7-16)12(17)18/h3-4,6,8,15H,1-2,5,7H2,(H,17,18). The summed E-state index contributed by atoms with van der Waals surface area (Å²) in [5.74, 6) is -1.63. The van der Waals surface area contributed by atoms with Gasteiger partial charge in [-0.25, -0.2) is 0 Å². The average molecular weight is 398 g/mol. The van der Waals surface area contributed by atoms with Gasteiger partial charge in [-0.15, -0.1) is 0 Å². The molecule has 0 bridgehead atoms. The topological polar surface area (TPSA) is 86.7 Å². The summed E-state index contributed by atoms with van der Waals surface area (Å²) in [6.07, 6.45) is 1.02. The summed E-state index contributed by atoms with van der Waals surface area (Å²) in [7, 11) is -3.79. The van der Waals surface area contributed by atoms with E-state index in [1.807, 2.05) is 0 Å². The largest absolute Gasteiger partial charge is 0.481 e. The van der Waals surface area contributed by atoms with Crippen molar-refractivity contribution in [3.05, 3.63) is 27.7 Å². The number of hydrogen-bond donors (Lipinski definition) is 2. The van der Waals surface area contributed by atoms with Gasteiger partial charge in [-0.2, -0.15) is 12.7 Å². The highest BCUT2D eigenvalue weighted by Gasteiger charge is 2.32. The van der Waals surface area contributed by atoms with Gasteiger partial charge in [0.2, 0.25) is 0 Å². The van der Waals surface area contributed by atoms with Crippen molar-refractivity contribution < 1.29 is 18.3 Å². The number of nitrogens with zero attached hydrogens (tertiary/aromatic N) is 1. The molecule has 21 heavy (non-hydrogen) atoms. The first-order valence-electron chi connectivity index (χ1n) is 6.25. The number of anilines is 1. The third-order valence-electron chi connectivity index (χ3n) is 3.24. The van der Waals surface area contributed by atoms with Crippen LogP contribution in [-0.4, -0.2) is 36.9 Å². The summed E-state index contributed by atoms with van der Waals surface area (Å²) in [4.78, 5) is 11.0. The second kappa shape index (κ2) is 6.51. The Balaban J connectivity index is 2.14. The lowest BCUT2D eigenvalue weighted by Crippen LogP contribution is -2.44. The maximum absolute atomic E-state index is 12.3. The van der Waals surface area contributed by atoms with Crippen LogP contribution in [0.4, 0.5) is 5.69 Å². The van der Waals surface area contributed by atoms with E-state index < -0.39 is 22.1 Å². The molecule has 0 radical (unpaired) electrons. The number of halogens is 2. The molecular formula is C12H14BrClN2O4S. The van der Waals surface area contributed by atoms with Crippen molar-refractivity contribution in [2.45, 2.75) is 12.8 Å². The van der Waals surface area contributed by atoms with Crippen LogP contribution in [0.15, 0.2) is 22.7 Å². The van der Waals surface area contributed by atoms with Crippen LogP contribution < -0.4 is 4.72 Å². The SMILES string of the molecule is O=C(O)C1CCCN(S(=O)(=O)Nc2ccc(Br)c(Cl)c2)C1. The fourth-order valence-electron chi connectivity index (χ4n) is 2.14. The van der Waals surface area contributed by atoms with Crippen molar-refractivity contribution in [3.63, 3.8) is 0 Å². The third-order valence-corrected chi connectivity index (χ3v) is 5.98. The first-order chi connectivity index (χ1) is 9.79. The normalized spacial score (nSPS) is 20.2. The molecule has 0 aromatic heterocycles. The fraction of sp³-hybridized carbons (Fsp3) is 0.417. The minimum atomic E-state index is -3.79. The number of aliphatic carboxylic acids is 1. The van der Waals surface area contributed by atoms with Gasteiger partial charge >= 0.3 is 16.2 Å². The number of benzene rings is 1. The van der Waals surface area contributed by atoms with E-state index >= 15 is 0 Å². The minimum Gasteiger partial charge on any atom is -0.481 e. The predicted molar refractivity (Wildman–Crippen MR) is 83.6 cm³/mol. The van der Waals surface area contributed by atoms with Gasteiger partial charge in [0.15, 0.2) is 0 Å². The maximum atomic E-state index is 12.3. The van der Waals surface area contributed by atoms with E-state index in [0.717, 1.165) is 4.31 Å². The molecule has 1 fully saturated rings. The van der Waals surface area contributed by atoms with Crippen molar-refractivity contribution in [2.75, 3.05) is 17.8 Å². The molecule has 1 heterocycles. The summed E-state index contributed by atoms with van der Waals surface area (Å²) >= 11 is 9.14. The number of rotatable bonds is 4. The number of carboxylic acids is 1. The van der Waals surface area contributed by atoms with Crippen LogP contribution in [0.2, 0.25) is 5.02 Å². The van der Waals surface area contributed by atoms with E-state index in [9.17, 15) is 13.2 Å². The molecular weight excluding hydrogens is 384 g/mol. The fourth-order valence-corrected chi connectivity index (χ4v) is 3.86. The lowest BCUT2D eigenvalue weighted by molar-refractivity contribution is -0.142. The summed E-state index contributed by atoms with van der Waals surface area (Å²) in [6, 6.07) is 4.70. The molecule has 0 spiro atoms. The van der Waals surface area contributed by atoms with E-state index in [4.69, 9.17) is 16.7 Å². The molecule has 1 aliphatic rings. The molecule has 1 saturated heterocycles. The zero-order valence-electron chi connectivity index (χ0n) is 10.9. The van der Waals surface area contributed by atoms with E-state index in [1.54, 1.807) is 12.1 Å². The van der Waals surface area contributed by atoms with Gasteiger partial charge in [0.1, 0.15) is 0 Å². The Labute approximate surface area is 136 Å². The lowest BCUT2D eigenvalue weighted by Gasteiger charge is -2.29. The highest BCUT2D eigenvalue weighted by molar-refractivity contribution is 9.10. The van der Waals surface area contributed by atoms with Crippen molar-refractivity contribution in [1.82, 2.24) is 4.31 Å². The molecule has 0 saturated carbocycles. The minimum absolute atomic E-state index is 0.0189. The van der Waals surface area contributed by atoms with Crippen LogP contribution >= 0.6 is 27.5 Å². The monoisotopic (exact) mass is 396 g/mol. The molecule has 2 N–H and O–H groups in total. The van der Waals surface area contributed by atoms with Gasteiger partial charge in [0.25, 0.3) is 0 Å². The maximum Gasteiger partial charge on any atom is 0.307 e. The van der Waals surface area contributed by atoms with Crippen LogP contribution in [0.3, 0.4) is 0 Å². The van der Waals surface area contributed by atoms with Gasteiger partial charge in [-0.3, -0.25) is 9.52 Å². The average Bonchev–Trinajstić information content (AvgIpc) is 2.43. The number of carboxylic acid groups (broad SMARTS) is 1. The predicted octanol–water partition coefficient (Wildman–Crippen LogP) is 2.56. The van der Waals surface area contributed by atoms with Crippen LogP contribution in [0.1, 0.15) is 12.8 Å². The summed E-state index contributed by atoms with van der Waals surface area (Å²) in [5, 5.41) is 9.40. The zero-order valence-corrected chi connectivity index (χ0v) is 14.1. The quantitative estimate of drug-likeness (QED) is 0.817. The van der Waals surface area contributed by atoms with Crippen molar-refractivity contribution >= 4 is 49.4 Å². The number of hydrogen-bond acceptors (Lipinski definition) is 3. The zero-order chi connectivity index (χ0) is 15.6. The molecule has 1 aromatic carbocycles. The molecule has 1 unspecified atom stereocenters. The second-order valence-corrected chi connectivity index (χ2v) is 7.70. The van der Waals surface area contributed by atoms with E-state index in [0.29, 0.717) is 34.6 Å². The summed E-state index contributed by atoms with van der Waals surface area (Å²) in [5.41, 5.74) is 0.334. The highest BCUT2D eigenvalue weighted by atomic mass is 79.9. The highest BCUT2D eigenvalue weighted by Crippen LogP contribution is 2.27. The Kier molecular flexibility index (Phi) is 5.13. The van der Waals surface area contributed by atoms with Gasteiger partial charge < -0.3 is 5.11 Å². The van der Waals surface area contributed by atoms with Crippen molar-refractivity contribution in [1.29, 1.82) is 0 Å². The Morgan fingerprint density at radius 2 is 2.19 bits per heavy atom. The molecule has 6 nitrogen and oxygen atoms in total. The molecule has 9 heteroatoms. The number of piperidine rings is 1. The first-order valence-corrected chi connectivity index (χ1v) is 8.86. The van der Waals surface area contributed by atoms with Gasteiger partial charge in [-0.05, 0) is 47.0 Å². The van der Waals surface area contributed by atoms with E-state index in [1.165, 1.54) is 6.07 Å². The molecule has 0 aliphatic carbocycles. The summed E-state index contributed by atoms with van der Waals surface area (Å²) in [6.45, 7) is 0.290. The van der Waals surface area contributed by atoms with Gasteiger partial charge in [-0.1, -0.05) is 11.6 Å². The van der Waals surface area contributed by atoms with Crippen LogP contribution in [-0.2, 0) is 15.0 Å². The van der Waals surface area contributed by atoms with E-state index in [2.05, 4.69) is 20.7 Å². The smallest absolute Gasteiger partial charge is 0.307 e. The molecule has 0 amide bonds. The van der Waals surface area contributed by atoms with Gasteiger partial charge in [0.05, 0.1) is 16.6 Å². The Morgan fingerprint density at radius 1 is 1.48 bits per heavy atom. The molecule has 1 aromatic rings. The van der Waals surface area contributed by atoms with Crippen LogP contribution in [0, 0.1) is 5.92 Å². The van der Waals surface area contributed by atoms with Crippen molar-refractivity contribution in [3.8, 4) is 0 Å². The Bertz CT molecular complexity index is 653. The third kappa shape index (κ3) is 4.09. The second-order valence-electron chi connectivity index (χ2n) is 4.77.